The van der Waals surface area contributed by atoms with Crippen LogP contribution in [-0.2, 0) is 39.1 Å². The number of halogens is 3. The summed E-state index contributed by atoms with van der Waals surface area (Å²) in [6.07, 6.45) is 14.0. The number of rotatable bonds is 5. The maximum absolute atomic E-state index is 10.7. The molecule has 12 heteroatoms. The van der Waals surface area contributed by atoms with Gasteiger partial charge in [0.2, 0.25) is 0 Å². The molecule has 0 saturated carbocycles. The van der Waals surface area contributed by atoms with Gasteiger partial charge in [0.1, 0.15) is 0 Å². The first kappa shape index (κ1) is 45.7. The summed E-state index contributed by atoms with van der Waals surface area (Å²) in [6, 6.07) is 24.6. The Kier molecular flexibility index (Phi) is 23.1. The van der Waals surface area contributed by atoms with E-state index in [1.165, 1.54) is 36.5 Å². The van der Waals surface area contributed by atoms with Crippen LogP contribution in [-0.4, -0.2) is 44.9 Å². The number of alkyl halides is 3. The van der Waals surface area contributed by atoms with E-state index in [9.17, 15) is 13.2 Å². The summed E-state index contributed by atoms with van der Waals surface area (Å²) in [5, 5.41) is 4.59. The second kappa shape index (κ2) is 24.8. The standard InChI is InChI=1S/C20H16N2.C8H12.2C4H10O.CHF3O3S.Rh/c21-17-11-9-13-5-1-3-7-15(13)19(17)20-16-8-4-2-6-14(16)10-12-18(20)22;1-2-4-6-8-7-5-3-1;2*1-3-5-4-2;2-1(3,4)8(5,6)7;/h1-12H,21-22H2;1-2,7-8H,3-6H2;2*3-4H2,1-2H3;(H,5,6,7);/q;;;;;+3/p-1/b;2-1-,8-7-;;;;. The molecule has 0 aromatic heterocycles. The number of nitrogens with two attached hydrogens (primary N) is 2. The molecule has 4 N–H and O–H groups in total. The van der Waals surface area contributed by atoms with Crippen molar-refractivity contribution in [2.45, 2.75) is 58.9 Å². The van der Waals surface area contributed by atoms with Gasteiger partial charge in [-0.3, -0.25) is 0 Å². The Morgan fingerprint density at radius 1 is 0.612 bits per heavy atom. The Hall–Kier alpha value is -3.28. The Morgan fingerprint density at radius 3 is 1.14 bits per heavy atom. The van der Waals surface area contributed by atoms with E-state index in [0.29, 0.717) is 0 Å². The molecule has 0 fully saturated rings. The van der Waals surface area contributed by atoms with Crippen molar-refractivity contribution in [3.05, 3.63) is 97.1 Å². The first-order valence-corrected chi connectivity index (χ1v) is 17.3. The van der Waals surface area contributed by atoms with E-state index in [-0.39, 0.29) is 19.5 Å². The molecule has 1 aliphatic carbocycles. The molecule has 0 aliphatic heterocycles. The summed E-state index contributed by atoms with van der Waals surface area (Å²) in [5.74, 6) is 0. The number of ether oxygens (including phenoxy) is 2. The van der Waals surface area contributed by atoms with E-state index in [1.807, 2.05) is 64.1 Å². The van der Waals surface area contributed by atoms with Gasteiger partial charge >= 0.3 is 25.0 Å². The zero-order chi connectivity index (χ0) is 36.0. The predicted molar refractivity (Wildman–Crippen MR) is 193 cm³/mol. The molecule has 0 heterocycles. The maximum atomic E-state index is 10.7. The Morgan fingerprint density at radius 2 is 0.898 bits per heavy atom. The molecule has 1 aliphatic rings. The van der Waals surface area contributed by atoms with Gasteiger partial charge in [0.05, 0.1) is 0 Å². The van der Waals surface area contributed by atoms with Crippen LogP contribution in [0.25, 0.3) is 32.7 Å². The Balaban J connectivity index is 0.000000707. The monoisotopic (exact) mass is 792 g/mol. The molecule has 4 aromatic carbocycles. The van der Waals surface area contributed by atoms with Gasteiger partial charge in [-0.05, 0) is 87.1 Å². The third-order valence-corrected chi connectivity index (χ3v) is 7.17. The molecule has 0 amide bonds. The van der Waals surface area contributed by atoms with Gasteiger partial charge < -0.3 is 25.5 Å². The molecular formula is C37H48F3N2O5RhS+2. The minimum atomic E-state index is -6.09. The summed E-state index contributed by atoms with van der Waals surface area (Å²) >= 11 is 0. The first-order chi connectivity index (χ1) is 22.8. The van der Waals surface area contributed by atoms with Crippen molar-refractivity contribution in [1.29, 1.82) is 0 Å². The summed E-state index contributed by atoms with van der Waals surface area (Å²) in [5.41, 5.74) is 10.5. The third kappa shape index (κ3) is 16.8. The number of nitrogen functional groups attached to an aromatic ring is 2. The largest absolute Gasteiger partial charge is 3.00 e. The fourth-order valence-corrected chi connectivity index (χ4v) is 4.40. The van der Waals surface area contributed by atoms with Crippen molar-refractivity contribution in [1.82, 2.24) is 0 Å². The molecule has 5 rings (SSSR count). The van der Waals surface area contributed by atoms with Gasteiger partial charge in [0.25, 0.3) is 0 Å². The van der Waals surface area contributed by atoms with Crippen molar-refractivity contribution in [3.63, 3.8) is 0 Å². The molecule has 0 atom stereocenters. The topological polar surface area (TPSA) is 128 Å². The van der Waals surface area contributed by atoms with Crippen LogP contribution in [0.1, 0.15) is 53.4 Å². The van der Waals surface area contributed by atoms with E-state index in [1.54, 1.807) is 0 Å². The molecular weight excluding hydrogens is 744 g/mol. The van der Waals surface area contributed by atoms with E-state index >= 15 is 0 Å². The number of anilines is 2. The number of hydrogen-bond acceptors (Lipinski definition) is 7. The van der Waals surface area contributed by atoms with Crippen LogP contribution in [0.15, 0.2) is 97.1 Å². The van der Waals surface area contributed by atoms with Crippen molar-refractivity contribution >= 4 is 43.0 Å². The molecule has 0 bridgehead atoms. The van der Waals surface area contributed by atoms with Crippen LogP contribution in [0.3, 0.4) is 0 Å². The zero-order valence-corrected chi connectivity index (χ0v) is 30.9. The third-order valence-electron chi connectivity index (χ3n) is 6.61. The second-order valence-electron chi connectivity index (χ2n) is 10.1. The molecule has 0 unspecified atom stereocenters. The first-order valence-electron chi connectivity index (χ1n) is 15.9. The van der Waals surface area contributed by atoms with E-state index in [2.05, 4.69) is 60.7 Å². The van der Waals surface area contributed by atoms with Gasteiger partial charge in [0, 0.05) is 48.9 Å². The zero-order valence-electron chi connectivity index (χ0n) is 28.5. The number of allylic oxidation sites excluding steroid dienone is 4. The summed E-state index contributed by atoms with van der Waals surface area (Å²) in [4.78, 5) is 0. The fraction of sp³-hybridized carbons (Fsp3) is 0.351. The normalized spacial score (nSPS) is 13.6. The van der Waals surface area contributed by atoms with Crippen LogP contribution in [0.4, 0.5) is 24.5 Å². The van der Waals surface area contributed by atoms with Crippen molar-refractivity contribution in [3.8, 4) is 11.1 Å². The quantitative estimate of drug-likeness (QED) is 0.0678. The van der Waals surface area contributed by atoms with Gasteiger partial charge in [-0.1, -0.05) is 85.0 Å². The number of hydrogen-bond donors (Lipinski definition) is 2. The average molecular weight is 793 g/mol. The summed E-state index contributed by atoms with van der Waals surface area (Å²) < 4.78 is 68.6. The molecule has 49 heavy (non-hydrogen) atoms. The Bertz CT molecular complexity index is 1560. The molecule has 4 aromatic rings. The average Bonchev–Trinajstić information content (AvgIpc) is 3.02. The maximum Gasteiger partial charge on any atom is 3.00 e. The number of fused-ring (bicyclic) bond motifs is 2. The van der Waals surface area contributed by atoms with Gasteiger partial charge in [-0.25, -0.2) is 8.42 Å². The van der Waals surface area contributed by atoms with Crippen molar-refractivity contribution < 1.29 is 55.1 Å². The van der Waals surface area contributed by atoms with Crippen LogP contribution in [0.2, 0.25) is 0 Å². The van der Waals surface area contributed by atoms with Crippen molar-refractivity contribution in [2.75, 3.05) is 37.9 Å². The summed E-state index contributed by atoms with van der Waals surface area (Å²) in [7, 11) is -6.09. The van der Waals surface area contributed by atoms with E-state index in [4.69, 9.17) is 33.9 Å². The van der Waals surface area contributed by atoms with Gasteiger partial charge in [0.15, 0.2) is 10.1 Å². The second-order valence-corrected chi connectivity index (χ2v) is 11.4. The van der Waals surface area contributed by atoms with Crippen LogP contribution in [0.5, 0.6) is 0 Å². The predicted octanol–water partition coefficient (Wildman–Crippen LogP) is 9.63. The van der Waals surface area contributed by atoms with Crippen molar-refractivity contribution in [2.24, 2.45) is 0 Å². The smallest absolute Gasteiger partial charge is 0.741 e. The van der Waals surface area contributed by atoms with Gasteiger partial charge in [-0.15, -0.1) is 0 Å². The van der Waals surface area contributed by atoms with E-state index < -0.39 is 15.6 Å². The van der Waals surface area contributed by atoms with Crippen LogP contribution in [0, 0.1) is 0 Å². The molecule has 0 spiro atoms. The minimum absolute atomic E-state index is 0. The Labute approximate surface area is 302 Å². The molecule has 0 radical (unpaired) electrons. The molecule has 270 valence electrons. The number of benzene rings is 4. The van der Waals surface area contributed by atoms with Crippen LogP contribution >= 0.6 is 0 Å². The molecule has 0 saturated heterocycles. The molecule has 7 nitrogen and oxygen atoms in total. The van der Waals surface area contributed by atoms with E-state index in [0.717, 1.165) is 59.7 Å². The SMILES string of the molecule is C1=C\CC/C=C\CC/1.CCOCC.CCOCC.Nc1ccc2ccccc2c1-c1c(N)ccc2ccccc12.O=S(=O)([O-])C(F)(F)F.[Rh+3]. The van der Waals surface area contributed by atoms with Gasteiger partial charge in [-0.2, -0.15) is 13.2 Å². The fourth-order valence-electron chi connectivity index (χ4n) is 4.40. The van der Waals surface area contributed by atoms with Crippen LogP contribution < -0.4 is 11.5 Å². The summed E-state index contributed by atoms with van der Waals surface area (Å²) in [6.45, 7) is 11.3. The minimum Gasteiger partial charge on any atom is -0.741 e.